The molecule has 1 aliphatic rings. The van der Waals surface area contributed by atoms with Crippen LogP contribution in [0.1, 0.15) is 46.2 Å². The average molecular weight is 332 g/mol. The first-order valence-corrected chi connectivity index (χ1v) is 7.43. The van der Waals surface area contributed by atoms with Crippen molar-refractivity contribution in [1.29, 1.82) is 0 Å². The van der Waals surface area contributed by atoms with E-state index in [0.29, 0.717) is 30.4 Å². The van der Waals surface area contributed by atoms with Crippen LogP contribution >= 0.6 is 0 Å². The number of aromatic amines is 1. The molecule has 0 radical (unpaired) electrons. The first kappa shape index (κ1) is 17.5. The van der Waals surface area contributed by atoms with E-state index in [1.807, 2.05) is 0 Å². The highest BCUT2D eigenvalue weighted by atomic mass is 19.1. The van der Waals surface area contributed by atoms with Crippen LogP contribution in [0.2, 0.25) is 0 Å². The molecule has 126 valence electrons. The summed E-state index contributed by atoms with van der Waals surface area (Å²) in [5.74, 6) is -1.09. The summed E-state index contributed by atoms with van der Waals surface area (Å²) in [6.07, 6.45) is 2.65. The number of carbonyl (C=O) groups is 3. The summed E-state index contributed by atoms with van der Waals surface area (Å²) in [7, 11) is 0. The fourth-order valence-corrected chi connectivity index (χ4v) is 2.70. The van der Waals surface area contributed by atoms with Crippen molar-refractivity contribution in [3.8, 4) is 0 Å². The van der Waals surface area contributed by atoms with E-state index in [0.717, 1.165) is 0 Å². The van der Waals surface area contributed by atoms with Crippen molar-refractivity contribution in [3.05, 3.63) is 56.2 Å². The summed E-state index contributed by atoms with van der Waals surface area (Å²) < 4.78 is 12.3. The summed E-state index contributed by atoms with van der Waals surface area (Å²) in [6, 6.07) is 1.24. The van der Waals surface area contributed by atoms with E-state index < -0.39 is 23.8 Å². The zero-order valence-corrected chi connectivity index (χ0v) is 13.4. The Kier molecular flexibility index (Phi) is 5.23. The lowest BCUT2D eigenvalue weighted by molar-refractivity contribution is -0.108. The Morgan fingerprint density at radius 2 is 2.00 bits per heavy atom. The van der Waals surface area contributed by atoms with Crippen LogP contribution in [0, 0.1) is 6.92 Å². The smallest absolute Gasteiger partial charge is 0.248 e. The first-order chi connectivity index (χ1) is 11.4. The molecule has 0 unspecified atom stereocenters. The molecule has 0 saturated carbocycles. The molecule has 0 bridgehead atoms. The second-order valence-electron chi connectivity index (χ2n) is 5.46. The molecule has 0 fully saturated rings. The maximum Gasteiger partial charge on any atom is 0.248 e. The minimum absolute atomic E-state index is 0.0635. The zero-order valence-electron chi connectivity index (χ0n) is 13.4. The van der Waals surface area contributed by atoms with Crippen LogP contribution in [-0.4, -0.2) is 29.6 Å². The van der Waals surface area contributed by atoms with E-state index in [1.54, 1.807) is 19.9 Å². The molecule has 2 N–H and O–H groups in total. The molecule has 24 heavy (non-hydrogen) atoms. The molecule has 0 saturated heterocycles. The van der Waals surface area contributed by atoms with E-state index in [4.69, 9.17) is 0 Å². The molecule has 6 nitrogen and oxygen atoms in total. The molecular weight excluding hydrogens is 315 g/mol. The summed E-state index contributed by atoms with van der Waals surface area (Å²) >= 11 is 0. The van der Waals surface area contributed by atoms with Crippen LogP contribution < -0.4 is 10.9 Å². The highest BCUT2D eigenvalue weighted by Gasteiger charge is 2.35. The number of nitrogens with one attached hydrogen (secondary N) is 2. The predicted molar refractivity (Wildman–Crippen MR) is 85.7 cm³/mol. The van der Waals surface area contributed by atoms with Gasteiger partial charge in [-0.15, -0.1) is 0 Å². The average Bonchev–Trinajstić information content (AvgIpc) is 2.52. The van der Waals surface area contributed by atoms with Gasteiger partial charge in [0.05, 0.1) is 17.8 Å². The van der Waals surface area contributed by atoms with Gasteiger partial charge in [-0.25, -0.2) is 0 Å². The summed E-state index contributed by atoms with van der Waals surface area (Å²) in [5.41, 5.74) is 0.218. The third kappa shape index (κ3) is 3.10. The normalized spacial score (nSPS) is 14.7. The van der Waals surface area contributed by atoms with Gasteiger partial charge >= 0.3 is 0 Å². The first-order valence-electron chi connectivity index (χ1n) is 7.43. The number of rotatable bonds is 6. The van der Waals surface area contributed by atoms with Crippen LogP contribution in [0.25, 0.3) is 0 Å². The highest BCUT2D eigenvalue weighted by Crippen LogP contribution is 2.29. The molecule has 0 spiro atoms. The van der Waals surface area contributed by atoms with Crippen molar-refractivity contribution < 1.29 is 18.8 Å². The molecular formula is C17H17FN2O4. The highest BCUT2D eigenvalue weighted by molar-refractivity contribution is 6.28. The number of Topliss-reactive ketones (excluding diaryl/α,β-unsaturated/α-hetero) is 2. The SMILES string of the molecule is C/C(=C/CCCF)C1=C(NC=O)C(=O)c2[nH]c(=O)cc(C)c2C1=O. The molecule has 7 heteroatoms. The lowest BCUT2D eigenvalue weighted by Crippen LogP contribution is -2.33. The molecule has 0 atom stereocenters. The number of pyridine rings is 1. The van der Waals surface area contributed by atoms with Crippen LogP contribution in [0.5, 0.6) is 0 Å². The Morgan fingerprint density at radius 3 is 2.62 bits per heavy atom. The van der Waals surface area contributed by atoms with Gasteiger partial charge in [-0.2, -0.15) is 0 Å². The Hall–Kier alpha value is -2.83. The standard InChI is InChI=1S/C17H17FN2O4/c1-9(5-3-4-6-18)12-14(19-8-21)17(24)15-13(16(12)23)10(2)7-11(22)20-15/h5,7-8H,3-4,6H2,1-2H3,(H,19,21)(H,20,22)/b9-5-. The van der Waals surface area contributed by atoms with Gasteiger partial charge in [-0.3, -0.25) is 23.6 Å². The number of H-pyrrole nitrogens is 1. The van der Waals surface area contributed by atoms with Gasteiger partial charge in [0.2, 0.25) is 17.8 Å². The minimum Gasteiger partial charge on any atom is -0.325 e. The number of hydrogen-bond donors (Lipinski definition) is 2. The quantitative estimate of drug-likeness (QED) is 0.613. The lowest BCUT2D eigenvalue weighted by atomic mass is 9.84. The molecule has 1 aromatic rings. The molecule has 1 amide bonds. The largest absolute Gasteiger partial charge is 0.325 e. The van der Waals surface area contributed by atoms with Gasteiger partial charge in [-0.1, -0.05) is 6.08 Å². The van der Waals surface area contributed by atoms with Gasteiger partial charge in [0.25, 0.3) is 0 Å². The molecule has 1 aromatic heterocycles. The summed E-state index contributed by atoms with van der Waals surface area (Å²) in [6.45, 7) is 2.70. The Balaban J connectivity index is 2.65. The molecule has 0 aliphatic heterocycles. The third-order valence-corrected chi connectivity index (χ3v) is 3.78. The number of alkyl halides is 1. The number of carbonyl (C=O) groups excluding carboxylic acids is 3. The second kappa shape index (κ2) is 7.16. The molecule has 2 rings (SSSR count). The maximum atomic E-state index is 12.9. The van der Waals surface area contributed by atoms with Crippen LogP contribution in [0.15, 0.2) is 33.8 Å². The van der Waals surface area contributed by atoms with E-state index in [2.05, 4.69) is 10.3 Å². The van der Waals surface area contributed by atoms with Gasteiger partial charge in [-0.05, 0) is 37.8 Å². The number of allylic oxidation sites excluding steroid dienone is 4. The van der Waals surface area contributed by atoms with E-state index in [9.17, 15) is 23.6 Å². The number of halogens is 1. The molecule has 1 aliphatic carbocycles. The number of hydrogen-bond acceptors (Lipinski definition) is 4. The Labute approximate surface area is 137 Å². The lowest BCUT2D eigenvalue weighted by Gasteiger charge is -2.21. The van der Waals surface area contributed by atoms with Crippen LogP contribution in [0.4, 0.5) is 4.39 Å². The van der Waals surface area contributed by atoms with Gasteiger partial charge in [0.15, 0.2) is 5.78 Å². The molecule has 1 heterocycles. The van der Waals surface area contributed by atoms with Crippen molar-refractivity contribution in [2.24, 2.45) is 0 Å². The summed E-state index contributed by atoms with van der Waals surface area (Å²) in [5, 5.41) is 2.26. The maximum absolute atomic E-state index is 12.9. The fraction of sp³-hybridized carbons (Fsp3) is 0.294. The number of amides is 1. The van der Waals surface area contributed by atoms with E-state index >= 15 is 0 Å². The Bertz CT molecular complexity index is 833. The van der Waals surface area contributed by atoms with Crippen molar-refractivity contribution in [3.63, 3.8) is 0 Å². The van der Waals surface area contributed by atoms with E-state index in [1.165, 1.54) is 6.07 Å². The van der Waals surface area contributed by atoms with Crippen molar-refractivity contribution >= 4 is 18.0 Å². The molecule has 0 aromatic carbocycles. The van der Waals surface area contributed by atoms with Gasteiger partial charge in [0, 0.05) is 6.07 Å². The monoisotopic (exact) mass is 332 g/mol. The van der Waals surface area contributed by atoms with E-state index in [-0.39, 0.29) is 22.5 Å². The predicted octanol–water partition coefficient (Wildman–Crippen LogP) is 1.76. The number of aromatic nitrogens is 1. The fourth-order valence-electron chi connectivity index (χ4n) is 2.70. The summed E-state index contributed by atoms with van der Waals surface area (Å²) in [4.78, 5) is 50.3. The van der Waals surface area contributed by atoms with Crippen LogP contribution in [0.3, 0.4) is 0 Å². The minimum atomic E-state index is -0.634. The van der Waals surface area contributed by atoms with Crippen molar-refractivity contribution in [2.75, 3.05) is 6.67 Å². The number of unbranched alkanes of at least 4 members (excludes halogenated alkanes) is 1. The Morgan fingerprint density at radius 1 is 1.29 bits per heavy atom. The number of ketones is 2. The zero-order chi connectivity index (χ0) is 17.9. The van der Waals surface area contributed by atoms with Crippen molar-refractivity contribution in [2.45, 2.75) is 26.7 Å². The second-order valence-corrected chi connectivity index (χ2v) is 5.46. The van der Waals surface area contributed by atoms with Gasteiger partial charge < -0.3 is 10.3 Å². The number of fused-ring (bicyclic) bond motifs is 1. The topological polar surface area (TPSA) is 96.1 Å². The third-order valence-electron chi connectivity index (χ3n) is 3.78. The van der Waals surface area contributed by atoms with Gasteiger partial charge in [0.1, 0.15) is 11.4 Å². The number of aryl methyl sites for hydroxylation is 1. The van der Waals surface area contributed by atoms with Crippen LogP contribution in [-0.2, 0) is 4.79 Å². The van der Waals surface area contributed by atoms with Crippen molar-refractivity contribution in [1.82, 2.24) is 10.3 Å².